The summed E-state index contributed by atoms with van der Waals surface area (Å²) in [5.74, 6) is 0. The quantitative estimate of drug-likeness (QED) is 0.448. The molecule has 0 bridgehead atoms. The first kappa shape index (κ1) is 21.3. The van der Waals surface area contributed by atoms with Gasteiger partial charge in [0.05, 0.1) is 10.6 Å². The highest BCUT2D eigenvalue weighted by Gasteiger charge is 2.21. The number of halogens is 1. The smallest absolute Gasteiger partial charge is 0.261 e. The number of nitrogens with one attached hydrogen (secondary N) is 1. The second-order valence-corrected chi connectivity index (χ2v) is 10.5. The van der Waals surface area contributed by atoms with Gasteiger partial charge in [-0.05, 0) is 53.4 Å². The molecular formula is C23H23ClN4O2S. The lowest BCUT2D eigenvalue weighted by Crippen LogP contribution is -2.15. The predicted octanol–water partition coefficient (Wildman–Crippen LogP) is 5.39. The molecule has 2 aromatic heterocycles. The molecule has 2 aromatic carbocycles. The van der Waals surface area contributed by atoms with Crippen LogP contribution in [0.4, 0.5) is 5.69 Å². The molecule has 0 aliphatic heterocycles. The van der Waals surface area contributed by atoms with Crippen LogP contribution in [0.15, 0.2) is 65.7 Å². The molecule has 0 spiro atoms. The molecule has 4 rings (SSSR count). The topological polar surface area (TPSA) is 76.9 Å². The van der Waals surface area contributed by atoms with E-state index in [1.165, 1.54) is 0 Å². The predicted molar refractivity (Wildman–Crippen MR) is 125 cm³/mol. The van der Waals surface area contributed by atoms with Gasteiger partial charge in [-0.3, -0.25) is 4.72 Å². The van der Waals surface area contributed by atoms with E-state index in [9.17, 15) is 8.42 Å². The summed E-state index contributed by atoms with van der Waals surface area (Å²) in [5, 5.41) is 5.85. The van der Waals surface area contributed by atoms with E-state index in [4.69, 9.17) is 11.6 Å². The van der Waals surface area contributed by atoms with Crippen molar-refractivity contribution in [2.45, 2.75) is 31.1 Å². The Labute approximate surface area is 186 Å². The Bertz CT molecular complexity index is 1370. The molecule has 6 nitrogen and oxygen atoms in total. The van der Waals surface area contributed by atoms with E-state index in [1.807, 2.05) is 24.3 Å². The monoisotopic (exact) mass is 454 g/mol. The van der Waals surface area contributed by atoms with Crippen molar-refractivity contribution in [3.63, 3.8) is 0 Å². The zero-order valence-corrected chi connectivity index (χ0v) is 19.3. The van der Waals surface area contributed by atoms with Gasteiger partial charge in [-0.2, -0.15) is 5.10 Å². The molecule has 0 aliphatic carbocycles. The van der Waals surface area contributed by atoms with Gasteiger partial charge in [-0.25, -0.2) is 18.1 Å². The fourth-order valence-corrected chi connectivity index (χ4v) is 4.68. The van der Waals surface area contributed by atoms with Crippen LogP contribution in [0.1, 0.15) is 26.3 Å². The second-order valence-electron chi connectivity index (χ2n) is 8.42. The molecule has 2 heterocycles. The summed E-state index contributed by atoms with van der Waals surface area (Å²) in [6.45, 7) is 6.25. The number of aryl methyl sites for hydroxylation is 1. The number of rotatable bonds is 4. The van der Waals surface area contributed by atoms with Crippen LogP contribution in [-0.2, 0) is 22.5 Å². The minimum absolute atomic E-state index is 0.0624. The molecule has 0 fully saturated rings. The average Bonchev–Trinajstić information content (AvgIpc) is 3.05. The van der Waals surface area contributed by atoms with Crippen LogP contribution in [0.5, 0.6) is 0 Å². The van der Waals surface area contributed by atoms with Crippen LogP contribution in [0, 0.1) is 0 Å². The Morgan fingerprint density at radius 2 is 1.74 bits per heavy atom. The van der Waals surface area contributed by atoms with Gasteiger partial charge in [0, 0.05) is 29.2 Å². The first-order chi connectivity index (χ1) is 14.6. The zero-order valence-electron chi connectivity index (χ0n) is 17.7. The highest BCUT2D eigenvalue weighted by atomic mass is 35.5. The molecule has 0 radical (unpaired) electrons. The second kappa shape index (κ2) is 7.66. The number of anilines is 1. The molecule has 0 atom stereocenters. The lowest BCUT2D eigenvalue weighted by molar-refractivity contribution is 0.587. The van der Waals surface area contributed by atoms with Crippen LogP contribution in [0.25, 0.3) is 22.3 Å². The summed E-state index contributed by atoms with van der Waals surface area (Å²) in [6, 6.07) is 15.6. The summed E-state index contributed by atoms with van der Waals surface area (Å²) < 4.78 is 30.6. The van der Waals surface area contributed by atoms with Gasteiger partial charge in [0.25, 0.3) is 10.0 Å². The number of sulfonamides is 1. The molecule has 0 aliphatic rings. The number of benzene rings is 2. The Kier molecular flexibility index (Phi) is 5.27. The van der Waals surface area contributed by atoms with Crippen molar-refractivity contribution >= 4 is 38.3 Å². The van der Waals surface area contributed by atoms with Crippen LogP contribution >= 0.6 is 11.6 Å². The zero-order chi connectivity index (χ0) is 22.4. The molecule has 0 saturated heterocycles. The van der Waals surface area contributed by atoms with Crippen molar-refractivity contribution < 1.29 is 8.42 Å². The fourth-order valence-electron chi connectivity index (χ4n) is 3.43. The summed E-state index contributed by atoms with van der Waals surface area (Å²) in [4.78, 5) is 4.55. The van der Waals surface area contributed by atoms with Gasteiger partial charge in [0.2, 0.25) is 0 Å². The van der Waals surface area contributed by atoms with E-state index in [0.29, 0.717) is 27.6 Å². The van der Waals surface area contributed by atoms with Crippen LogP contribution in [-0.4, -0.2) is 23.2 Å². The minimum atomic E-state index is -3.81. The van der Waals surface area contributed by atoms with Gasteiger partial charge in [-0.1, -0.05) is 44.5 Å². The summed E-state index contributed by atoms with van der Waals surface area (Å²) in [7, 11) is -2.01. The van der Waals surface area contributed by atoms with Gasteiger partial charge in [0.1, 0.15) is 5.69 Å². The van der Waals surface area contributed by atoms with E-state index in [0.717, 1.165) is 10.9 Å². The van der Waals surface area contributed by atoms with E-state index in [1.54, 1.807) is 48.3 Å². The normalized spacial score (nSPS) is 12.3. The maximum absolute atomic E-state index is 13.1. The van der Waals surface area contributed by atoms with E-state index in [2.05, 4.69) is 35.6 Å². The summed E-state index contributed by atoms with van der Waals surface area (Å²) in [6.07, 6.45) is 1.69. The van der Waals surface area contributed by atoms with Crippen molar-refractivity contribution in [1.82, 2.24) is 14.8 Å². The Morgan fingerprint density at radius 1 is 1.03 bits per heavy atom. The number of aromatic nitrogens is 3. The first-order valence-corrected chi connectivity index (χ1v) is 11.6. The van der Waals surface area contributed by atoms with Crippen molar-refractivity contribution in [3.05, 3.63) is 71.4 Å². The number of nitrogens with zero attached hydrogens (tertiary/aromatic N) is 3. The lowest BCUT2D eigenvalue weighted by atomic mass is 9.87. The number of hydrogen-bond donors (Lipinski definition) is 1. The van der Waals surface area contributed by atoms with E-state index >= 15 is 0 Å². The molecular weight excluding hydrogens is 432 g/mol. The SMILES string of the molecule is Cn1nc(-c2cc(Cl)ccc2NS(=O)(=O)c2ccc(C(C)(C)C)cc2)c2cccnc21. The highest BCUT2D eigenvalue weighted by Crippen LogP contribution is 2.35. The molecule has 31 heavy (non-hydrogen) atoms. The highest BCUT2D eigenvalue weighted by molar-refractivity contribution is 7.92. The maximum atomic E-state index is 13.1. The van der Waals surface area contributed by atoms with Gasteiger partial charge in [-0.15, -0.1) is 0 Å². The first-order valence-electron chi connectivity index (χ1n) is 9.77. The lowest BCUT2D eigenvalue weighted by Gasteiger charge is -2.19. The maximum Gasteiger partial charge on any atom is 0.261 e. The molecule has 0 amide bonds. The number of fused-ring (bicyclic) bond motifs is 1. The van der Waals surface area contributed by atoms with Crippen LogP contribution in [0.3, 0.4) is 0 Å². The minimum Gasteiger partial charge on any atom is -0.279 e. The summed E-state index contributed by atoms with van der Waals surface area (Å²) in [5.41, 5.74) is 3.28. The van der Waals surface area contributed by atoms with Crippen molar-refractivity contribution in [1.29, 1.82) is 0 Å². The molecule has 1 N–H and O–H groups in total. The molecule has 0 saturated carbocycles. The van der Waals surface area contributed by atoms with Crippen molar-refractivity contribution in [2.24, 2.45) is 7.05 Å². The van der Waals surface area contributed by atoms with Gasteiger partial charge >= 0.3 is 0 Å². The van der Waals surface area contributed by atoms with Crippen LogP contribution < -0.4 is 4.72 Å². The van der Waals surface area contributed by atoms with Crippen molar-refractivity contribution in [3.8, 4) is 11.3 Å². The largest absolute Gasteiger partial charge is 0.279 e. The summed E-state index contributed by atoms with van der Waals surface area (Å²) >= 11 is 6.25. The molecule has 160 valence electrons. The number of pyridine rings is 1. The Morgan fingerprint density at radius 3 is 2.42 bits per heavy atom. The third-order valence-corrected chi connectivity index (χ3v) is 6.73. The van der Waals surface area contributed by atoms with Gasteiger partial charge in [0.15, 0.2) is 5.65 Å². The van der Waals surface area contributed by atoms with Crippen molar-refractivity contribution in [2.75, 3.05) is 4.72 Å². The molecule has 4 aromatic rings. The number of hydrogen-bond acceptors (Lipinski definition) is 4. The molecule has 8 heteroatoms. The van der Waals surface area contributed by atoms with E-state index < -0.39 is 10.0 Å². The third kappa shape index (κ3) is 4.16. The standard InChI is InChI=1S/C23H23ClN4O2S/c1-23(2,3)15-7-10-17(11-8-15)31(29,30)27-20-12-9-16(24)14-19(20)21-18-6-5-13-25-22(18)28(4)26-21/h5-14,27H,1-4H3. The van der Waals surface area contributed by atoms with Gasteiger partial charge < -0.3 is 0 Å². The Balaban J connectivity index is 1.78. The third-order valence-electron chi connectivity index (χ3n) is 5.11. The van der Waals surface area contributed by atoms with E-state index in [-0.39, 0.29) is 10.3 Å². The fraction of sp³-hybridized carbons (Fsp3) is 0.217. The van der Waals surface area contributed by atoms with Crippen LogP contribution in [0.2, 0.25) is 5.02 Å². The molecule has 0 unspecified atom stereocenters. The Hall–Kier alpha value is -2.90. The average molecular weight is 455 g/mol.